The molecule has 2 rings (SSSR count). The molecule has 1 aliphatic rings. The number of rotatable bonds is 7. The van der Waals surface area contributed by atoms with Gasteiger partial charge in [-0.05, 0) is 49.7 Å². The second-order valence-corrected chi connectivity index (χ2v) is 15.2. The molecule has 28 heavy (non-hydrogen) atoms. The van der Waals surface area contributed by atoms with E-state index >= 15 is 0 Å². The topological polar surface area (TPSA) is 49.8 Å². The first kappa shape index (κ1) is 23.0. The molecule has 6 heteroatoms. The van der Waals surface area contributed by atoms with E-state index in [-0.39, 0.29) is 22.7 Å². The molecule has 0 spiro atoms. The van der Waals surface area contributed by atoms with E-state index < -0.39 is 19.7 Å². The van der Waals surface area contributed by atoms with Crippen molar-refractivity contribution in [2.45, 2.75) is 58.7 Å². The number of carboxylic acids is 1. The molecule has 1 aliphatic heterocycles. The summed E-state index contributed by atoms with van der Waals surface area (Å²) in [6, 6.07) is 6.79. The lowest BCUT2D eigenvalue weighted by Gasteiger charge is -2.37. The summed E-state index contributed by atoms with van der Waals surface area (Å²) in [5.41, 5.74) is 0.154. The molecule has 0 aliphatic carbocycles. The number of likely N-dealkylation sites (tertiary alicyclic amines) is 1. The molecule has 0 unspecified atom stereocenters. The van der Waals surface area contributed by atoms with Crippen molar-refractivity contribution in [1.29, 1.82) is 0 Å². The fourth-order valence-corrected chi connectivity index (χ4v) is 4.60. The molecule has 1 saturated heterocycles. The highest BCUT2D eigenvalue weighted by atomic mass is 28.4. The zero-order valence-corrected chi connectivity index (χ0v) is 19.4. The van der Waals surface area contributed by atoms with Crippen LogP contribution in [0, 0.1) is 17.2 Å². The summed E-state index contributed by atoms with van der Waals surface area (Å²) in [6.45, 7) is 17.3. The van der Waals surface area contributed by atoms with Crippen LogP contribution in [0.4, 0.5) is 4.39 Å². The third-order valence-corrected chi connectivity index (χ3v) is 11.0. The maximum atomic E-state index is 13.8. The lowest BCUT2D eigenvalue weighted by Crippen LogP contribution is -2.42. The Morgan fingerprint density at radius 3 is 2.43 bits per heavy atom. The summed E-state index contributed by atoms with van der Waals surface area (Å²) in [5.74, 6) is -0.660. The van der Waals surface area contributed by atoms with Gasteiger partial charge in [-0.3, -0.25) is 4.79 Å². The first-order valence-electron chi connectivity index (χ1n) is 10.1. The van der Waals surface area contributed by atoms with Crippen molar-refractivity contribution in [3.63, 3.8) is 0 Å². The van der Waals surface area contributed by atoms with Crippen molar-refractivity contribution >= 4 is 14.3 Å². The van der Waals surface area contributed by atoms with Gasteiger partial charge in [0, 0.05) is 38.1 Å². The van der Waals surface area contributed by atoms with Crippen LogP contribution in [0.5, 0.6) is 0 Å². The normalized spacial score (nSPS) is 21.9. The van der Waals surface area contributed by atoms with E-state index in [0.717, 1.165) is 18.7 Å². The van der Waals surface area contributed by atoms with Crippen LogP contribution in [0.15, 0.2) is 24.3 Å². The van der Waals surface area contributed by atoms with Crippen molar-refractivity contribution < 1.29 is 18.7 Å². The molecule has 1 heterocycles. The van der Waals surface area contributed by atoms with E-state index in [1.165, 1.54) is 6.07 Å². The monoisotopic (exact) mass is 409 g/mol. The average Bonchev–Trinajstić information content (AvgIpc) is 2.94. The summed E-state index contributed by atoms with van der Waals surface area (Å²) in [6.07, 6.45) is 0. The van der Waals surface area contributed by atoms with Crippen LogP contribution in [-0.2, 0) is 9.22 Å². The zero-order valence-electron chi connectivity index (χ0n) is 18.4. The molecule has 0 amide bonds. The Morgan fingerprint density at radius 1 is 1.25 bits per heavy atom. The van der Waals surface area contributed by atoms with Gasteiger partial charge in [-0.25, -0.2) is 4.39 Å². The molecule has 1 aromatic rings. The molecule has 1 fully saturated rings. The number of hydrogen-bond donors (Lipinski definition) is 1. The van der Waals surface area contributed by atoms with Gasteiger partial charge < -0.3 is 14.4 Å². The summed E-state index contributed by atoms with van der Waals surface area (Å²) in [5, 5.41) is 9.62. The molecule has 0 bridgehead atoms. The molecule has 1 N–H and O–H groups in total. The van der Waals surface area contributed by atoms with Crippen LogP contribution >= 0.6 is 0 Å². The lowest BCUT2D eigenvalue weighted by atomic mass is 9.89. The van der Waals surface area contributed by atoms with Gasteiger partial charge in [0.1, 0.15) is 5.82 Å². The maximum absolute atomic E-state index is 13.8. The Bertz CT molecular complexity index is 699. The molecule has 1 aromatic carbocycles. The third kappa shape index (κ3) is 5.42. The molecule has 0 radical (unpaired) electrons. The average molecular weight is 410 g/mol. The van der Waals surface area contributed by atoms with E-state index in [9.17, 15) is 14.3 Å². The summed E-state index contributed by atoms with van der Waals surface area (Å²) < 4.78 is 20.3. The second-order valence-electron chi connectivity index (χ2n) is 10.4. The lowest BCUT2D eigenvalue weighted by molar-refractivity contribution is -0.147. The van der Waals surface area contributed by atoms with Crippen LogP contribution in [-0.4, -0.2) is 50.5 Å². The molecule has 0 saturated carbocycles. The van der Waals surface area contributed by atoms with Gasteiger partial charge in [-0.2, -0.15) is 0 Å². The van der Waals surface area contributed by atoms with Crippen molar-refractivity contribution in [3.05, 3.63) is 35.6 Å². The van der Waals surface area contributed by atoms with Crippen molar-refractivity contribution in [3.8, 4) is 0 Å². The summed E-state index contributed by atoms with van der Waals surface area (Å²) in [7, 11) is -1.89. The Balaban J connectivity index is 2.20. The Kier molecular flexibility index (Phi) is 6.78. The summed E-state index contributed by atoms with van der Waals surface area (Å²) in [4.78, 5) is 13.8. The van der Waals surface area contributed by atoms with Gasteiger partial charge in [0.25, 0.3) is 0 Å². The number of nitrogens with zero attached hydrogens (tertiary/aromatic N) is 1. The zero-order chi connectivity index (χ0) is 21.3. The number of aliphatic carboxylic acids is 1. The Hall–Kier alpha value is -1.24. The summed E-state index contributed by atoms with van der Waals surface area (Å²) >= 11 is 0. The minimum atomic E-state index is -1.89. The molecule has 0 aromatic heterocycles. The van der Waals surface area contributed by atoms with Crippen molar-refractivity contribution in [2.75, 3.05) is 26.2 Å². The molecule has 158 valence electrons. The predicted octanol–water partition coefficient (Wildman–Crippen LogP) is 4.97. The number of benzene rings is 1. The predicted molar refractivity (Wildman–Crippen MR) is 114 cm³/mol. The van der Waals surface area contributed by atoms with Gasteiger partial charge in [-0.15, -0.1) is 0 Å². The number of halogens is 1. The van der Waals surface area contributed by atoms with Gasteiger partial charge in [-0.1, -0.05) is 32.9 Å². The fourth-order valence-electron chi connectivity index (χ4n) is 3.53. The fraction of sp³-hybridized carbons (Fsp3) is 0.682. The van der Waals surface area contributed by atoms with E-state index in [1.54, 1.807) is 26.0 Å². The smallest absolute Gasteiger partial charge is 0.310 e. The van der Waals surface area contributed by atoms with Gasteiger partial charge >= 0.3 is 5.97 Å². The highest BCUT2D eigenvalue weighted by molar-refractivity contribution is 6.74. The second kappa shape index (κ2) is 8.25. The van der Waals surface area contributed by atoms with Gasteiger partial charge in [0.15, 0.2) is 8.32 Å². The van der Waals surface area contributed by atoms with Crippen LogP contribution in [0.1, 0.15) is 46.1 Å². The van der Waals surface area contributed by atoms with Crippen LogP contribution in [0.2, 0.25) is 18.1 Å². The van der Waals surface area contributed by atoms with E-state index in [4.69, 9.17) is 4.43 Å². The quantitative estimate of drug-likeness (QED) is 0.646. The van der Waals surface area contributed by atoms with Gasteiger partial charge in [0.05, 0.1) is 5.41 Å². The highest BCUT2D eigenvalue weighted by Gasteiger charge is 2.42. The standard InChI is InChI=1S/C22H36FNO3Si/c1-21(2,3)28(6,7)27-14-17-12-24(15-22(4,5)20(25)26)13-19(17)16-9-8-10-18(23)11-16/h8-11,17,19H,12-15H2,1-7H3,(H,25,26)/t17-,19-/m1/s1. The third-order valence-electron chi connectivity index (χ3n) is 6.46. The highest BCUT2D eigenvalue weighted by Crippen LogP contribution is 2.39. The van der Waals surface area contributed by atoms with Crippen LogP contribution in [0.3, 0.4) is 0 Å². The SMILES string of the molecule is CC(C)(CN1C[C@H](CO[Si](C)(C)C(C)(C)C)[C@@H](c2cccc(F)c2)C1)C(=O)O. The van der Waals surface area contributed by atoms with Gasteiger partial charge in [0.2, 0.25) is 0 Å². The minimum absolute atomic E-state index is 0.130. The Morgan fingerprint density at radius 2 is 1.89 bits per heavy atom. The van der Waals surface area contributed by atoms with Crippen LogP contribution in [0.25, 0.3) is 0 Å². The molecule has 4 nitrogen and oxygen atoms in total. The number of carboxylic acid groups (broad SMARTS) is 1. The molecular formula is C22H36FNO3Si. The van der Waals surface area contributed by atoms with E-state index in [2.05, 4.69) is 38.8 Å². The first-order chi connectivity index (χ1) is 12.7. The van der Waals surface area contributed by atoms with Crippen LogP contribution < -0.4 is 0 Å². The maximum Gasteiger partial charge on any atom is 0.310 e. The van der Waals surface area contributed by atoms with Crippen molar-refractivity contribution in [2.24, 2.45) is 11.3 Å². The van der Waals surface area contributed by atoms with Crippen molar-refractivity contribution in [1.82, 2.24) is 4.90 Å². The number of carbonyl (C=O) groups is 1. The van der Waals surface area contributed by atoms with E-state index in [0.29, 0.717) is 13.2 Å². The Labute approximate surface area is 170 Å². The van der Waals surface area contributed by atoms with E-state index in [1.807, 2.05) is 6.07 Å². The first-order valence-corrected chi connectivity index (χ1v) is 13.0. The molecular weight excluding hydrogens is 373 g/mol. The molecule has 2 atom stereocenters. The largest absolute Gasteiger partial charge is 0.481 e. The number of hydrogen-bond acceptors (Lipinski definition) is 3. The minimum Gasteiger partial charge on any atom is -0.481 e.